The van der Waals surface area contributed by atoms with Crippen molar-refractivity contribution in [3.63, 3.8) is 0 Å². The molecule has 0 unspecified atom stereocenters. The molecule has 2 aliphatic heterocycles. The molecule has 7 rings (SSSR count). The molecule has 1 aliphatic carbocycles. The van der Waals surface area contributed by atoms with Gasteiger partial charge in [0.15, 0.2) is 5.82 Å². The first-order valence-electron chi connectivity index (χ1n) is 16.7. The normalized spacial score (nSPS) is 19.5. The number of piperidine rings is 1. The Balaban J connectivity index is 1.28. The monoisotopic (exact) mass is 670 g/mol. The zero-order valence-corrected chi connectivity index (χ0v) is 28.3. The fraction of sp³-hybridized carbons (Fsp3) is 0.472. The maximum Gasteiger partial charge on any atom is 0.410 e. The molecule has 0 bridgehead atoms. The first-order chi connectivity index (χ1) is 23.1. The fourth-order valence-electron chi connectivity index (χ4n) is 6.93. The number of hydrogen-bond donors (Lipinski definition) is 1. The van der Waals surface area contributed by atoms with Gasteiger partial charge in [-0.25, -0.2) is 20.7 Å². The van der Waals surface area contributed by atoms with Gasteiger partial charge in [0.05, 0.1) is 5.39 Å². The van der Waals surface area contributed by atoms with Gasteiger partial charge in [-0.2, -0.15) is 4.98 Å². The van der Waals surface area contributed by atoms with E-state index in [-0.39, 0.29) is 23.8 Å². The van der Waals surface area contributed by atoms with Crippen LogP contribution in [-0.4, -0.2) is 93.8 Å². The Hall–Kier alpha value is -4.27. The van der Waals surface area contributed by atoms with Gasteiger partial charge in [0.25, 0.3) is 0 Å². The van der Waals surface area contributed by atoms with E-state index in [1.165, 1.54) is 12.8 Å². The van der Waals surface area contributed by atoms with Crippen molar-refractivity contribution in [3.8, 4) is 11.3 Å². The maximum atomic E-state index is 16.8. The van der Waals surface area contributed by atoms with Gasteiger partial charge in [-0.1, -0.05) is 41.9 Å². The summed E-state index contributed by atoms with van der Waals surface area (Å²) < 4.78 is 22.5. The second-order valence-electron chi connectivity index (χ2n) is 14.0. The SMILES string of the molecule is [C-]#[N+]C[C@H]1CN(c2nc(NC3CCN(C4CC4)CC3)nc3c(F)c(-c4cccc5cccc(Cl)c45)ncc23)CCN1C(=O)OC(C)(C)C. The van der Waals surface area contributed by atoms with Crippen LogP contribution in [0.5, 0.6) is 0 Å². The molecule has 1 atom stereocenters. The number of anilines is 2. The average molecular weight is 671 g/mol. The molecule has 2 aromatic carbocycles. The number of aromatic nitrogens is 3. The van der Waals surface area contributed by atoms with Crippen LogP contribution < -0.4 is 10.2 Å². The van der Waals surface area contributed by atoms with Crippen molar-refractivity contribution in [3.05, 3.63) is 64.9 Å². The van der Waals surface area contributed by atoms with Crippen molar-refractivity contribution in [2.75, 3.05) is 49.5 Å². The highest BCUT2D eigenvalue weighted by molar-refractivity contribution is 6.36. The minimum absolute atomic E-state index is 0.0992. The smallest absolute Gasteiger partial charge is 0.410 e. The van der Waals surface area contributed by atoms with Crippen molar-refractivity contribution in [2.45, 2.75) is 70.2 Å². The van der Waals surface area contributed by atoms with E-state index in [2.05, 4.69) is 20.0 Å². The highest BCUT2D eigenvalue weighted by Crippen LogP contribution is 2.38. The molecule has 12 heteroatoms. The Bertz CT molecular complexity index is 1890. The van der Waals surface area contributed by atoms with Crippen LogP contribution >= 0.6 is 11.6 Å². The van der Waals surface area contributed by atoms with Gasteiger partial charge in [0.2, 0.25) is 12.5 Å². The molecule has 0 radical (unpaired) electrons. The molecule has 4 aromatic rings. The third kappa shape index (κ3) is 6.56. The lowest BCUT2D eigenvalue weighted by atomic mass is 10.0. The number of nitrogens with zero attached hydrogens (tertiary/aromatic N) is 7. The van der Waals surface area contributed by atoms with Gasteiger partial charge < -0.3 is 24.7 Å². The minimum Gasteiger partial charge on any atom is -0.444 e. The molecule has 4 heterocycles. The first kappa shape index (κ1) is 32.3. The lowest BCUT2D eigenvalue weighted by molar-refractivity contribution is 0.0156. The molecule has 0 spiro atoms. The van der Waals surface area contributed by atoms with Crippen LogP contribution in [0.3, 0.4) is 0 Å². The number of benzene rings is 2. The lowest BCUT2D eigenvalue weighted by Gasteiger charge is -2.40. The van der Waals surface area contributed by atoms with Crippen LogP contribution in [0, 0.1) is 12.4 Å². The van der Waals surface area contributed by atoms with E-state index in [1.807, 2.05) is 56.0 Å². The molecule has 3 fully saturated rings. The van der Waals surface area contributed by atoms with E-state index in [0.717, 1.165) is 42.7 Å². The van der Waals surface area contributed by atoms with E-state index >= 15 is 4.39 Å². The number of carbonyl (C=O) groups is 1. The number of fused-ring (bicyclic) bond motifs is 2. The zero-order valence-electron chi connectivity index (χ0n) is 27.5. The third-order valence-corrected chi connectivity index (χ3v) is 9.73. The molecule has 250 valence electrons. The van der Waals surface area contributed by atoms with Gasteiger partial charge in [-0.15, -0.1) is 0 Å². The van der Waals surface area contributed by atoms with Crippen molar-refractivity contribution >= 4 is 51.1 Å². The topological polar surface area (TPSA) is 91.1 Å². The number of halogens is 2. The first-order valence-corrected chi connectivity index (χ1v) is 17.1. The number of rotatable bonds is 6. The summed E-state index contributed by atoms with van der Waals surface area (Å²) in [6.07, 6.45) is 5.64. The molecule has 2 aromatic heterocycles. The molecular weight excluding hydrogens is 631 g/mol. The number of pyridine rings is 1. The molecule has 1 amide bonds. The molecule has 2 saturated heterocycles. The summed E-state index contributed by atoms with van der Waals surface area (Å²) in [6, 6.07) is 11.7. The molecule has 3 aliphatic rings. The third-order valence-electron chi connectivity index (χ3n) is 9.41. The zero-order chi connectivity index (χ0) is 33.6. The Morgan fingerprint density at radius 2 is 1.83 bits per heavy atom. The van der Waals surface area contributed by atoms with Crippen LogP contribution in [0.1, 0.15) is 46.5 Å². The van der Waals surface area contributed by atoms with Crippen molar-refractivity contribution in [2.24, 2.45) is 0 Å². The number of piperazine rings is 1. The maximum absolute atomic E-state index is 16.8. The van der Waals surface area contributed by atoms with Gasteiger partial charge in [0.1, 0.15) is 28.7 Å². The highest BCUT2D eigenvalue weighted by Gasteiger charge is 2.37. The average Bonchev–Trinajstić information content (AvgIpc) is 3.90. The van der Waals surface area contributed by atoms with E-state index in [0.29, 0.717) is 47.4 Å². The Labute approximate surface area is 285 Å². The second kappa shape index (κ2) is 13.0. The van der Waals surface area contributed by atoms with Crippen LogP contribution in [0.15, 0.2) is 42.6 Å². The number of nitrogens with one attached hydrogen (secondary N) is 1. The van der Waals surface area contributed by atoms with Crippen molar-refractivity contribution in [1.82, 2.24) is 24.8 Å². The number of likely N-dealkylation sites (tertiary alicyclic amines) is 1. The second-order valence-corrected chi connectivity index (χ2v) is 14.4. The van der Waals surface area contributed by atoms with E-state index in [4.69, 9.17) is 32.9 Å². The molecule has 10 nitrogen and oxygen atoms in total. The predicted molar refractivity (Wildman–Crippen MR) is 187 cm³/mol. The highest BCUT2D eigenvalue weighted by atomic mass is 35.5. The summed E-state index contributed by atoms with van der Waals surface area (Å²) in [7, 11) is 0. The lowest BCUT2D eigenvalue weighted by Crippen LogP contribution is -2.57. The Kier molecular flexibility index (Phi) is 8.73. The van der Waals surface area contributed by atoms with Crippen LogP contribution in [0.25, 0.3) is 37.8 Å². The van der Waals surface area contributed by atoms with Crippen LogP contribution in [-0.2, 0) is 4.74 Å². The summed E-state index contributed by atoms with van der Waals surface area (Å²) >= 11 is 6.63. The number of amides is 1. The minimum atomic E-state index is -0.662. The van der Waals surface area contributed by atoms with E-state index < -0.39 is 23.6 Å². The largest absolute Gasteiger partial charge is 0.444 e. The predicted octanol–water partition coefficient (Wildman–Crippen LogP) is 7.02. The Morgan fingerprint density at radius 1 is 1.08 bits per heavy atom. The van der Waals surface area contributed by atoms with Crippen molar-refractivity contribution in [1.29, 1.82) is 0 Å². The summed E-state index contributed by atoms with van der Waals surface area (Å²) in [4.78, 5) is 37.3. The van der Waals surface area contributed by atoms with Crippen LogP contribution in [0.2, 0.25) is 5.02 Å². The summed E-state index contributed by atoms with van der Waals surface area (Å²) in [5.74, 6) is 0.316. The molecule has 1 saturated carbocycles. The fourth-order valence-corrected chi connectivity index (χ4v) is 7.21. The quantitative estimate of drug-likeness (QED) is 0.219. The summed E-state index contributed by atoms with van der Waals surface area (Å²) in [6.45, 7) is 16.3. The summed E-state index contributed by atoms with van der Waals surface area (Å²) in [5, 5.41) is 6.12. The van der Waals surface area contributed by atoms with Gasteiger partial charge in [-0.3, -0.25) is 9.88 Å². The Morgan fingerprint density at radius 3 is 2.54 bits per heavy atom. The van der Waals surface area contributed by atoms with E-state index in [9.17, 15) is 4.79 Å². The van der Waals surface area contributed by atoms with E-state index in [1.54, 1.807) is 17.2 Å². The number of carbonyl (C=O) groups excluding carboxylic acids is 1. The summed E-state index contributed by atoms with van der Waals surface area (Å²) in [5.41, 5.74) is 0.241. The molecular formula is C36H40ClFN8O2. The molecule has 48 heavy (non-hydrogen) atoms. The van der Waals surface area contributed by atoms with Gasteiger partial charge in [0, 0.05) is 67.0 Å². The number of ether oxygens (including phenoxy) is 1. The number of hydrogen-bond acceptors (Lipinski definition) is 8. The molecule has 1 N–H and O–H groups in total. The standard InChI is InChI=1S/C36H40ClFN8O2/c1-36(2,3)48-35(47)46-18-17-45(21-25(46)19-39-4)33-27-20-40-31(26-9-5-7-22-8-6-10-28(37)29(22)26)30(38)32(27)42-34(43-33)41-23-13-15-44(16-14-23)24-11-12-24/h5-10,20,23-25H,11-19,21H2,1-3H3,(H,41,42,43)/t25-/m0/s1. The van der Waals surface area contributed by atoms with Crippen LogP contribution in [0.4, 0.5) is 21.0 Å². The van der Waals surface area contributed by atoms with Gasteiger partial charge >= 0.3 is 6.09 Å². The van der Waals surface area contributed by atoms with Crippen molar-refractivity contribution < 1.29 is 13.9 Å². The van der Waals surface area contributed by atoms with Gasteiger partial charge in [-0.05, 0) is 57.9 Å².